The van der Waals surface area contributed by atoms with Crippen LogP contribution in [-0.4, -0.2) is 42.9 Å². The summed E-state index contributed by atoms with van der Waals surface area (Å²) in [5, 5.41) is 13.9. The highest BCUT2D eigenvalue weighted by Gasteiger charge is 2.00. The van der Waals surface area contributed by atoms with Crippen LogP contribution >= 0.6 is 11.3 Å². The Balaban J connectivity index is 2.02. The summed E-state index contributed by atoms with van der Waals surface area (Å²) >= 11 is 1.41. The van der Waals surface area contributed by atoms with Crippen LogP contribution in [0.3, 0.4) is 0 Å². The Hall–Kier alpha value is -1.21. The first-order chi connectivity index (χ1) is 7.33. The van der Waals surface area contributed by atoms with Gasteiger partial charge < -0.3 is 15.4 Å². The van der Waals surface area contributed by atoms with Crippen LogP contribution in [0.1, 0.15) is 6.42 Å². The van der Waals surface area contributed by atoms with E-state index in [2.05, 4.69) is 20.8 Å². The van der Waals surface area contributed by atoms with Gasteiger partial charge in [0, 0.05) is 26.6 Å². The fourth-order valence-corrected chi connectivity index (χ4v) is 1.39. The lowest BCUT2D eigenvalue weighted by Gasteiger charge is -2.04. The Morgan fingerprint density at radius 1 is 1.60 bits per heavy atom. The number of hydrogen-bond acceptors (Lipinski definition) is 6. The van der Waals surface area contributed by atoms with Crippen LogP contribution in [0.15, 0.2) is 5.51 Å². The minimum absolute atomic E-state index is 0.00376. The molecule has 0 fully saturated rings. The predicted octanol–water partition coefficient (Wildman–Crippen LogP) is 0.103. The molecule has 0 atom stereocenters. The van der Waals surface area contributed by atoms with Crippen molar-refractivity contribution in [2.45, 2.75) is 6.42 Å². The van der Waals surface area contributed by atoms with Crippen LogP contribution in [0.25, 0.3) is 0 Å². The lowest BCUT2D eigenvalue weighted by molar-refractivity contribution is -0.121. The van der Waals surface area contributed by atoms with Crippen molar-refractivity contribution in [3.8, 4) is 0 Å². The Kier molecular flexibility index (Phi) is 5.64. The van der Waals surface area contributed by atoms with E-state index in [-0.39, 0.29) is 5.91 Å². The van der Waals surface area contributed by atoms with Crippen molar-refractivity contribution in [1.82, 2.24) is 15.5 Å². The van der Waals surface area contributed by atoms with E-state index in [1.807, 2.05) is 0 Å². The molecule has 7 heteroatoms. The third kappa shape index (κ3) is 5.28. The number of carbonyl (C=O) groups is 1. The number of anilines is 1. The van der Waals surface area contributed by atoms with Crippen LogP contribution in [-0.2, 0) is 9.53 Å². The zero-order chi connectivity index (χ0) is 10.9. The van der Waals surface area contributed by atoms with Gasteiger partial charge in [-0.15, -0.1) is 10.2 Å². The monoisotopic (exact) mass is 230 g/mol. The quantitative estimate of drug-likeness (QED) is 0.650. The van der Waals surface area contributed by atoms with E-state index in [0.717, 1.165) is 5.13 Å². The molecule has 0 aliphatic rings. The fourth-order valence-electron chi connectivity index (χ4n) is 0.914. The molecule has 0 saturated heterocycles. The molecule has 1 rings (SSSR count). The van der Waals surface area contributed by atoms with Crippen molar-refractivity contribution in [1.29, 1.82) is 0 Å². The molecule has 6 nitrogen and oxygen atoms in total. The molecule has 0 unspecified atom stereocenters. The van der Waals surface area contributed by atoms with Crippen molar-refractivity contribution in [3.63, 3.8) is 0 Å². The van der Waals surface area contributed by atoms with Gasteiger partial charge in [-0.2, -0.15) is 0 Å². The topological polar surface area (TPSA) is 76.1 Å². The number of nitrogens with zero attached hydrogens (tertiary/aromatic N) is 2. The van der Waals surface area contributed by atoms with Gasteiger partial charge in [0.25, 0.3) is 0 Å². The Bertz CT molecular complexity index is 278. The van der Waals surface area contributed by atoms with Crippen molar-refractivity contribution in [2.75, 3.05) is 32.1 Å². The van der Waals surface area contributed by atoms with E-state index in [9.17, 15) is 4.79 Å². The molecular formula is C8H14N4O2S. The van der Waals surface area contributed by atoms with Gasteiger partial charge in [0.05, 0.1) is 6.61 Å². The minimum atomic E-state index is 0.00376. The van der Waals surface area contributed by atoms with Crippen molar-refractivity contribution >= 4 is 22.4 Å². The number of rotatable bonds is 7. The van der Waals surface area contributed by atoms with Gasteiger partial charge in [-0.25, -0.2) is 0 Å². The van der Waals surface area contributed by atoms with Crippen LogP contribution in [0, 0.1) is 0 Å². The summed E-state index contributed by atoms with van der Waals surface area (Å²) in [5.41, 5.74) is 1.64. The van der Waals surface area contributed by atoms with E-state index >= 15 is 0 Å². The van der Waals surface area contributed by atoms with Crippen LogP contribution < -0.4 is 10.6 Å². The molecule has 0 aromatic carbocycles. The zero-order valence-corrected chi connectivity index (χ0v) is 9.34. The van der Waals surface area contributed by atoms with Gasteiger partial charge in [0.15, 0.2) is 0 Å². The average Bonchev–Trinajstić information content (AvgIpc) is 2.71. The summed E-state index contributed by atoms with van der Waals surface area (Å²) in [5.74, 6) is 0.00376. The van der Waals surface area contributed by atoms with E-state index in [0.29, 0.717) is 26.1 Å². The molecular weight excluding hydrogens is 216 g/mol. The molecule has 0 aliphatic heterocycles. The van der Waals surface area contributed by atoms with Gasteiger partial charge in [-0.3, -0.25) is 4.79 Å². The first-order valence-corrected chi connectivity index (χ1v) is 5.46. The standard InChI is InChI=1S/C8H14N4O2S/c1-14-5-4-9-7(13)2-3-10-8-12-11-6-15-8/h6H,2-5H2,1H3,(H,9,13)(H,10,12). The predicted molar refractivity (Wildman–Crippen MR) is 57.9 cm³/mol. The molecule has 2 N–H and O–H groups in total. The summed E-state index contributed by atoms with van der Waals surface area (Å²) in [7, 11) is 1.60. The normalized spacial score (nSPS) is 9.93. The SMILES string of the molecule is COCCNC(=O)CCNc1nncs1. The third-order valence-corrected chi connectivity index (χ3v) is 2.27. The molecule has 15 heavy (non-hydrogen) atoms. The van der Waals surface area contributed by atoms with Gasteiger partial charge in [-0.1, -0.05) is 11.3 Å². The maximum Gasteiger partial charge on any atom is 0.221 e. The van der Waals surface area contributed by atoms with Crippen molar-refractivity contribution < 1.29 is 9.53 Å². The minimum Gasteiger partial charge on any atom is -0.383 e. The van der Waals surface area contributed by atoms with E-state index in [4.69, 9.17) is 4.74 Å². The number of ether oxygens (including phenoxy) is 1. The van der Waals surface area contributed by atoms with Crippen LogP contribution in [0.2, 0.25) is 0 Å². The third-order valence-electron chi connectivity index (χ3n) is 1.62. The summed E-state index contributed by atoms with van der Waals surface area (Å²) in [6.45, 7) is 1.65. The maximum atomic E-state index is 11.2. The molecule has 0 aliphatic carbocycles. The summed E-state index contributed by atoms with van der Waals surface area (Å²) in [6, 6.07) is 0. The summed E-state index contributed by atoms with van der Waals surface area (Å²) in [4.78, 5) is 11.2. The molecule has 84 valence electrons. The number of amides is 1. The highest BCUT2D eigenvalue weighted by atomic mass is 32.1. The van der Waals surface area contributed by atoms with Crippen LogP contribution in [0.5, 0.6) is 0 Å². The van der Waals surface area contributed by atoms with Crippen LogP contribution in [0.4, 0.5) is 5.13 Å². The Labute approximate surface area is 92.0 Å². The maximum absolute atomic E-state index is 11.2. The first-order valence-electron chi connectivity index (χ1n) is 4.58. The lowest BCUT2D eigenvalue weighted by Crippen LogP contribution is -2.28. The average molecular weight is 230 g/mol. The molecule has 1 aromatic rings. The highest BCUT2D eigenvalue weighted by molar-refractivity contribution is 7.13. The van der Waals surface area contributed by atoms with E-state index in [1.54, 1.807) is 12.6 Å². The van der Waals surface area contributed by atoms with Gasteiger partial charge in [-0.05, 0) is 0 Å². The fraction of sp³-hybridized carbons (Fsp3) is 0.625. The summed E-state index contributed by atoms with van der Waals surface area (Å²) < 4.78 is 4.81. The van der Waals surface area contributed by atoms with Crippen molar-refractivity contribution in [2.24, 2.45) is 0 Å². The number of carbonyl (C=O) groups excluding carboxylic acids is 1. The molecule has 0 bridgehead atoms. The van der Waals surface area contributed by atoms with E-state index in [1.165, 1.54) is 11.3 Å². The second-order valence-electron chi connectivity index (χ2n) is 2.76. The van der Waals surface area contributed by atoms with Crippen molar-refractivity contribution in [3.05, 3.63) is 5.51 Å². The molecule has 0 saturated carbocycles. The molecule has 0 spiro atoms. The molecule has 1 heterocycles. The summed E-state index contributed by atoms with van der Waals surface area (Å²) in [6.07, 6.45) is 0.420. The molecule has 0 radical (unpaired) electrons. The lowest BCUT2D eigenvalue weighted by atomic mass is 10.4. The Morgan fingerprint density at radius 2 is 2.47 bits per heavy atom. The molecule has 1 aromatic heterocycles. The Morgan fingerprint density at radius 3 is 3.13 bits per heavy atom. The smallest absolute Gasteiger partial charge is 0.221 e. The molecule has 1 amide bonds. The largest absolute Gasteiger partial charge is 0.383 e. The number of aromatic nitrogens is 2. The second-order valence-corrected chi connectivity index (χ2v) is 3.60. The van der Waals surface area contributed by atoms with Gasteiger partial charge in [0.2, 0.25) is 11.0 Å². The number of hydrogen-bond donors (Lipinski definition) is 2. The highest BCUT2D eigenvalue weighted by Crippen LogP contribution is 2.06. The van der Waals surface area contributed by atoms with Gasteiger partial charge in [0.1, 0.15) is 5.51 Å². The second kappa shape index (κ2) is 7.13. The first kappa shape index (κ1) is 11.9. The number of nitrogens with one attached hydrogen (secondary N) is 2. The number of methoxy groups -OCH3 is 1. The zero-order valence-electron chi connectivity index (χ0n) is 8.52. The van der Waals surface area contributed by atoms with E-state index < -0.39 is 0 Å². The van der Waals surface area contributed by atoms with Gasteiger partial charge >= 0.3 is 0 Å².